The van der Waals surface area contributed by atoms with Crippen molar-refractivity contribution in [1.82, 2.24) is 0 Å². The fourth-order valence-corrected chi connectivity index (χ4v) is 26.0. The summed E-state index contributed by atoms with van der Waals surface area (Å²) in [6.45, 7) is 14.3. The summed E-state index contributed by atoms with van der Waals surface area (Å²) < 4.78 is 26.6. The number of aliphatic hydroxyl groups excluding tert-OH is 4. The highest BCUT2D eigenvalue weighted by atomic mass is 35.5. The molecule has 12 fully saturated rings. The number of rotatable bonds is 7. The van der Waals surface area contributed by atoms with E-state index in [1.165, 1.54) is 0 Å². The number of ether oxygens (including phenoxy) is 5. The number of nitrogens with two attached hydrogens (primary N) is 1. The maximum atomic E-state index is 12.3. The molecular formula is C78H110ClNO17. The Kier molecular flexibility index (Phi) is 20.0. The average molecular weight is 1370 g/mol. The van der Waals surface area contributed by atoms with Crippen LogP contribution in [0.5, 0.6) is 0 Å². The van der Waals surface area contributed by atoms with Gasteiger partial charge in [-0.15, -0.1) is 18.8 Å². The van der Waals surface area contributed by atoms with Crippen LogP contribution >= 0.6 is 11.6 Å². The van der Waals surface area contributed by atoms with Crippen molar-refractivity contribution in [2.24, 2.45) is 109 Å². The summed E-state index contributed by atoms with van der Waals surface area (Å²) in [5.41, 5.74) is 2.13. The molecule has 12 saturated carbocycles. The first-order chi connectivity index (χ1) is 45.8. The summed E-state index contributed by atoms with van der Waals surface area (Å²) in [6, 6.07) is 0. The fraction of sp³-hybridized carbons (Fsp3) is 0.808. The lowest BCUT2D eigenvalue weighted by atomic mass is 9.42. The number of cyclic esters (lactones) is 3. The second-order valence-electron chi connectivity index (χ2n) is 34.3. The molecule has 0 spiro atoms. The molecule has 0 aromatic carbocycles. The third kappa shape index (κ3) is 11.6. The summed E-state index contributed by atoms with van der Waals surface area (Å²) in [5, 5.41) is 81.4. The van der Waals surface area contributed by atoms with Gasteiger partial charge >= 0.3 is 29.3 Å². The molecule has 0 bridgehead atoms. The first-order valence-corrected chi connectivity index (χ1v) is 37.4. The van der Waals surface area contributed by atoms with Gasteiger partial charge in [0.15, 0.2) is 0 Å². The Morgan fingerprint density at radius 1 is 0.495 bits per heavy atom. The van der Waals surface area contributed by atoms with E-state index in [2.05, 4.69) is 39.0 Å². The van der Waals surface area contributed by atoms with E-state index in [9.17, 15) is 59.7 Å². The maximum absolute atomic E-state index is 12.3. The molecule has 0 saturated heterocycles. The molecule has 0 radical (unpaired) electrons. The molecule has 0 unspecified atom stereocenters. The molecule has 536 valence electrons. The highest BCUT2D eigenvalue weighted by Crippen LogP contribution is 2.74. The third-order valence-electron chi connectivity index (χ3n) is 31.3. The Bertz CT molecular complexity index is 3250. The van der Waals surface area contributed by atoms with E-state index in [0.717, 1.165) is 132 Å². The molecule has 15 rings (SSSR count). The van der Waals surface area contributed by atoms with Gasteiger partial charge in [0.25, 0.3) is 0 Å². The highest BCUT2D eigenvalue weighted by Gasteiger charge is 2.74. The fourth-order valence-electron chi connectivity index (χ4n) is 25.8. The predicted octanol–water partition coefficient (Wildman–Crippen LogP) is 9.65. The maximum Gasteiger partial charge on any atom is 0.404 e. The number of terminal acetylenes is 2. The quantitative estimate of drug-likeness (QED) is 0.0509. The van der Waals surface area contributed by atoms with Crippen LogP contribution in [-0.2, 0) is 42.9 Å². The van der Waals surface area contributed by atoms with Gasteiger partial charge in [-0.25, -0.2) is 19.2 Å². The predicted molar refractivity (Wildman–Crippen MR) is 359 cm³/mol. The smallest absolute Gasteiger partial charge is 0.404 e. The Morgan fingerprint density at radius 2 is 0.835 bits per heavy atom. The van der Waals surface area contributed by atoms with Gasteiger partial charge in [-0.05, 0) is 258 Å². The van der Waals surface area contributed by atoms with Crippen LogP contribution in [0.25, 0.3) is 0 Å². The van der Waals surface area contributed by atoms with Crippen LogP contribution in [0.4, 0.5) is 4.79 Å². The number of esters is 4. The van der Waals surface area contributed by atoms with E-state index in [4.69, 9.17) is 47.4 Å². The van der Waals surface area contributed by atoms with Gasteiger partial charge in [0.1, 0.15) is 32.0 Å². The van der Waals surface area contributed by atoms with Gasteiger partial charge < -0.3 is 65.2 Å². The molecule has 3 heterocycles. The molecular weight excluding hydrogens is 1260 g/mol. The second kappa shape index (κ2) is 26.8. The van der Waals surface area contributed by atoms with Crippen molar-refractivity contribution in [1.29, 1.82) is 0 Å². The topological polar surface area (TPSA) is 299 Å². The van der Waals surface area contributed by atoms with Crippen molar-refractivity contribution in [3.63, 3.8) is 0 Å². The zero-order chi connectivity index (χ0) is 69.8. The van der Waals surface area contributed by atoms with E-state index >= 15 is 0 Å². The van der Waals surface area contributed by atoms with Crippen LogP contribution in [0.15, 0.2) is 34.9 Å². The number of halogens is 1. The van der Waals surface area contributed by atoms with Gasteiger partial charge in [0.05, 0.1) is 54.2 Å². The zero-order valence-electron chi connectivity index (χ0n) is 58.2. The lowest BCUT2D eigenvalue weighted by Gasteiger charge is -2.65. The number of carbonyl (C=O) groups excluding carboxylic acids is 5. The molecule has 3 aliphatic heterocycles. The van der Waals surface area contributed by atoms with Crippen LogP contribution in [-0.4, -0.2) is 145 Å². The van der Waals surface area contributed by atoms with E-state index in [1.54, 1.807) is 18.2 Å². The Balaban J connectivity index is 0.000000135. The van der Waals surface area contributed by atoms with Crippen molar-refractivity contribution in [2.45, 2.75) is 262 Å². The summed E-state index contributed by atoms with van der Waals surface area (Å²) >= 11 is 5.46. The molecule has 18 nitrogen and oxygen atoms in total. The van der Waals surface area contributed by atoms with Gasteiger partial charge in [0.2, 0.25) is 0 Å². The number of hydrogen-bond acceptors (Lipinski definition) is 18. The van der Waals surface area contributed by atoms with E-state index < -0.39 is 56.8 Å². The van der Waals surface area contributed by atoms with E-state index in [0.29, 0.717) is 81.8 Å². The van der Waals surface area contributed by atoms with Crippen molar-refractivity contribution in [2.75, 3.05) is 26.4 Å². The minimum absolute atomic E-state index is 0.0000325. The standard InChI is InChI=1S/C28H38O6.C24H33ClO6.C23H34O5.C3H5N/c1-4-5-6-24(30)34-19-9-11-26(2)18(14-19)7-8-21-22(26)15-23(29)27(3)20(10-12-28(21,27)32)17-13-25(31)33-16-17;1-22-7-5-15(31-21(25)28)10-14(22)3-4-17-18(22)11-19(26)23(2)16(6-8-24(17,23)29)13-9-20(27)30-12-13;1-21-7-5-15(24)10-14(21)3-4-17-18(21)11-19(25)22(2)16(6-8-23(17,22)27)13-9-20(26)28-12-13;1-2-3-4/h1,13,18-23,29,32H,5-12,14-16H2,2-3H3;9,14-19,26,29H,3-8,10-12H2,1-2H3;9,14-19,24-25,27H,3-8,10-12H2,1-2H3;1H,3-4H2/t18-,19+,20-,21-,22+,23-,26+,27+,28+;14-,15+,16-,17-,18+,19-,22+,23+,24+;14-,15+,16-,17-,18+,19-,21+,22+,23+;/m111./s1. The molecule has 9 N–H and O–H groups in total. The lowest BCUT2D eigenvalue weighted by molar-refractivity contribution is -0.245. The van der Waals surface area contributed by atoms with Crippen LogP contribution in [0, 0.1) is 128 Å². The van der Waals surface area contributed by atoms with Crippen LogP contribution < -0.4 is 5.73 Å². The van der Waals surface area contributed by atoms with Crippen molar-refractivity contribution < 1.29 is 83.4 Å². The van der Waals surface area contributed by atoms with Crippen LogP contribution in [0.1, 0.15) is 208 Å². The van der Waals surface area contributed by atoms with Crippen LogP contribution in [0.2, 0.25) is 0 Å². The SMILES string of the molecule is C#CCCC(=O)O[C@H]1CC[C@@]2(C)[C@H](CC[C@@H]3[C@@H]2C[C@@H](O)[C@]2(C)[C@@H](C4=CC(=O)OC4)CC[C@]32O)C1.C#CCN.C[C@]12CC[C@H](O)C[C@H]1CC[C@@H]1[C@@H]2C[C@@H](O)[C@]2(C)[C@@H](C3=CC(=O)OC3)CC[C@]12O.C[C@]12CC[C@H](OC(=O)Cl)C[C@H]1CC[C@@H]1[C@@H]2C[C@@H](O)[C@]2(C)[C@@H](C3=CC(=O)OC3)CC[C@]12O. The van der Waals surface area contributed by atoms with E-state index in [-0.39, 0.29) is 125 Å². The molecule has 0 aromatic rings. The normalized spacial score (nSPS) is 49.3. The number of carbonyl (C=O) groups is 5. The molecule has 27 atom stereocenters. The Labute approximate surface area is 578 Å². The molecule has 12 aliphatic carbocycles. The van der Waals surface area contributed by atoms with Gasteiger partial charge in [-0.2, -0.15) is 0 Å². The zero-order valence-corrected chi connectivity index (χ0v) is 58.9. The lowest BCUT2D eigenvalue weighted by Crippen LogP contribution is -2.67. The van der Waals surface area contributed by atoms with Gasteiger partial charge in [0, 0.05) is 52.5 Å². The highest BCUT2D eigenvalue weighted by molar-refractivity contribution is 6.61. The first kappa shape index (κ1) is 72.4. The van der Waals surface area contributed by atoms with Gasteiger partial charge in [-0.3, -0.25) is 4.79 Å². The van der Waals surface area contributed by atoms with Crippen molar-refractivity contribution >= 4 is 40.9 Å². The third-order valence-corrected chi connectivity index (χ3v) is 31.3. The monoisotopic (exact) mass is 1370 g/mol. The summed E-state index contributed by atoms with van der Waals surface area (Å²) in [6.07, 6.45) is 33.0. The Hall–Kier alpha value is -4.34. The molecule has 0 aromatic heterocycles. The number of hydrogen-bond donors (Lipinski definition) is 8. The summed E-state index contributed by atoms with van der Waals surface area (Å²) in [7, 11) is 0. The summed E-state index contributed by atoms with van der Waals surface area (Å²) in [4.78, 5) is 58.4. The number of aliphatic hydroxyl groups is 7. The molecule has 97 heavy (non-hydrogen) atoms. The summed E-state index contributed by atoms with van der Waals surface area (Å²) in [5.74, 6) is 5.94. The van der Waals surface area contributed by atoms with Crippen LogP contribution in [0.3, 0.4) is 0 Å². The Morgan fingerprint density at radius 3 is 1.15 bits per heavy atom. The first-order valence-electron chi connectivity index (χ1n) is 37.0. The number of fused-ring (bicyclic) bond motifs is 15. The molecule has 0 amide bonds. The van der Waals surface area contributed by atoms with Gasteiger partial charge in [-0.1, -0.05) is 47.5 Å². The van der Waals surface area contributed by atoms with Crippen molar-refractivity contribution in [3.05, 3.63) is 34.9 Å². The second-order valence-corrected chi connectivity index (χ2v) is 34.6. The molecule has 15 aliphatic rings. The minimum Gasteiger partial charge on any atom is -0.462 e. The van der Waals surface area contributed by atoms with E-state index in [1.807, 2.05) is 20.8 Å². The minimum atomic E-state index is -0.959. The average Bonchev–Trinajstić information content (AvgIpc) is 1.62. The molecule has 19 heteroatoms. The van der Waals surface area contributed by atoms with Crippen molar-refractivity contribution in [3.8, 4) is 24.7 Å². The largest absolute Gasteiger partial charge is 0.462 e.